The van der Waals surface area contributed by atoms with Gasteiger partial charge >= 0.3 is 0 Å². The van der Waals surface area contributed by atoms with Crippen LogP contribution in [0.4, 0.5) is 18.9 Å². The predicted octanol–water partition coefficient (Wildman–Crippen LogP) is 6.36. The monoisotopic (exact) mass is 546 g/mol. The molecule has 0 spiro atoms. The lowest BCUT2D eigenvalue weighted by Gasteiger charge is -2.17. The Morgan fingerprint density at radius 3 is 2.03 bits per heavy atom. The van der Waals surface area contributed by atoms with Gasteiger partial charge in [0.2, 0.25) is 5.91 Å². The van der Waals surface area contributed by atoms with Crippen LogP contribution in [0.15, 0.2) is 54.6 Å². The van der Waals surface area contributed by atoms with Crippen LogP contribution in [-0.4, -0.2) is 16.1 Å². The van der Waals surface area contributed by atoms with E-state index in [-0.39, 0.29) is 15.6 Å². The lowest BCUT2D eigenvalue weighted by molar-refractivity contribution is -0.120. The highest BCUT2D eigenvalue weighted by molar-refractivity contribution is 6.55. The lowest BCUT2D eigenvalue weighted by atomic mass is 9.89. The normalized spacial score (nSPS) is 20.6. The molecule has 3 N–H and O–H groups in total. The van der Waals surface area contributed by atoms with Gasteiger partial charge in [0.25, 0.3) is 5.91 Å². The molecule has 3 aromatic carbocycles. The number of alkyl halides is 2. The van der Waals surface area contributed by atoms with Gasteiger partial charge in [-0.15, -0.1) is 0 Å². The molecule has 4 nitrogen and oxygen atoms in total. The minimum atomic E-state index is -1.77. The van der Waals surface area contributed by atoms with Gasteiger partial charge in [-0.2, -0.15) is 0 Å². The number of hydrogen-bond donors (Lipinski definition) is 2. The molecule has 0 heterocycles. The van der Waals surface area contributed by atoms with Gasteiger partial charge in [0.1, 0.15) is 32.8 Å². The van der Waals surface area contributed by atoms with Crippen LogP contribution < -0.4 is 11.1 Å². The summed E-state index contributed by atoms with van der Waals surface area (Å²) in [5, 5.41) is 2.63. The molecule has 0 bridgehead atoms. The van der Waals surface area contributed by atoms with Crippen molar-refractivity contribution >= 4 is 63.9 Å². The van der Waals surface area contributed by atoms with Crippen LogP contribution in [0.5, 0.6) is 0 Å². The molecule has 1 aliphatic rings. The van der Waals surface area contributed by atoms with E-state index in [1.54, 1.807) is 0 Å². The van der Waals surface area contributed by atoms with E-state index in [1.165, 1.54) is 24.3 Å². The van der Waals surface area contributed by atoms with Crippen LogP contribution in [0.3, 0.4) is 0 Å². The third kappa shape index (κ3) is 3.81. The molecule has 0 saturated heterocycles. The van der Waals surface area contributed by atoms with Crippen LogP contribution in [0.2, 0.25) is 10.0 Å². The van der Waals surface area contributed by atoms with E-state index in [0.717, 1.165) is 30.3 Å². The molecule has 34 heavy (non-hydrogen) atoms. The van der Waals surface area contributed by atoms with Crippen molar-refractivity contribution in [2.45, 2.75) is 15.7 Å². The van der Waals surface area contributed by atoms with Crippen LogP contribution in [-0.2, 0) is 10.2 Å². The molecule has 1 fully saturated rings. The minimum absolute atomic E-state index is 0.0665. The van der Waals surface area contributed by atoms with Crippen molar-refractivity contribution in [2.24, 2.45) is 5.73 Å². The summed E-state index contributed by atoms with van der Waals surface area (Å²) in [5.74, 6) is -6.30. The van der Waals surface area contributed by atoms with Crippen LogP contribution in [0.25, 0.3) is 0 Å². The molecular weight excluding hydrogens is 535 g/mol. The summed E-state index contributed by atoms with van der Waals surface area (Å²) in [6.45, 7) is 0. The average molecular weight is 548 g/mol. The maximum Gasteiger partial charge on any atom is 0.261 e. The summed E-state index contributed by atoms with van der Waals surface area (Å²) in [7, 11) is 0. The fourth-order valence-corrected chi connectivity index (χ4v) is 5.81. The molecule has 0 aliphatic heterocycles. The summed E-state index contributed by atoms with van der Waals surface area (Å²) >= 11 is 25.2. The summed E-state index contributed by atoms with van der Waals surface area (Å²) in [6.07, 6.45) is 0. The number of carbonyl (C=O) groups excluding carboxylic acids is 2. The predicted molar refractivity (Wildman–Crippen MR) is 125 cm³/mol. The first-order chi connectivity index (χ1) is 15.9. The number of rotatable bonds is 5. The number of nitrogens with two attached hydrogens (primary N) is 1. The Morgan fingerprint density at radius 2 is 1.47 bits per heavy atom. The Kier molecular flexibility index (Phi) is 6.27. The van der Waals surface area contributed by atoms with Gasteiger partial charge in [-0.3, -0.25) is 9.59 Å². The van der Waals surface area contributed by atoms with Crippen molar-refractivity contribution in [3.05, 3.63) is 98.8 Å². The van der Waals surface area contributed by atoms with Crippen molar-refractivity contribution in [2.75, 3.05) is 5.32 Å². The number of amides is 2. The zero-order valence-corrected chi connectivity index (χ0v) is 19.8. The zero-order chi connectivity index (χ0) is 25.0. The van der Waals surface area contributed by atoms with E-state index < -0.39 is 56.2 Å². The highest BCUT2D eigenvalue weighted by Crippen LogP contribution is 2.74. The lowest BCUT2D eigenvalue weighted by Crippen LogP contribution is -2.34. The third-order valence-corrected chi connectivity index (χ3v) is 7.17. The summed E-state index contributed by atoms with van der Waals surface area (Å²) in [6, 6.07) is 10.6. The van der Waals surface area contributed by atoms with Gasteiger partial charge < -0.3 is 11.1 Å². The Balaban J connectivity index is 1.78. The number of primary amides is 1. The third-order valence-electron chi connectivity index (χ3n) is 5.70. The van der Waals surface area contributed by atoms with Gasteiger partial charge in [0, 0.05) is 16.0 Å². The summed E-state index contributed by atoms with van der Waals surface area (Å²) in [5.41, 5.74) is 3.06. The van der Waals surface area contributed by atoms with Crippen molar-refractivity contribution < 1.29 is 22.8 Å². The number of anilines is 1. The van der Waals surface area contributed by atoms with E-state index in [2.05, 4.69) is 5.32 Å². The maximum atomic E-state index is 14.6. The van der Waals surface area contributed by atoms with E-state index in [0.29, 0.717) is 5.56 Å². The first kappa shape index (κ1) is 24.7. The fraction of sp³-hybridized carbons (Fsp3) is 0.130. The number of halogens is 7. The molecular formula is C23H13Cl4F3N2O2. The average Bonchev–Trinajstić information content (AvgIpc) is 3.26. The van der Waals surface area contributed by atoms with Crippen LogP contribution >= 0.6 is 46.4 Å². The van der Waals surface area contributed by atoms with E-state index in [1.807, 2.05) is 0 Å². The summed E-state index contributed by atoms with van der Waals surface area (Å²) < 4.78 is 40.7. The number of hydrogen-bond acceptors (Lipinski definition) is 2. The molecule has 1 aliphatic carbocycles. The van der Waals surface area contributed by atoms with Gasteiger partial charge in [0.05, 0.1) is 5.69 Å². The molecule has 2 amide bonds. The molecule has 2 atom stereocenters. The van der Waals surface area contributed by atoms with Gasteiger partial charge in [-0.05, 0) is 53.6 Å². The Labute approximate surface area is 211 Å². The highest BCUT2D eigenvalue weighted by atomic mass is 35.5. The van der Waals surface area contributed by atoms with Crippen molar-refractivity contribution in [3.8, 4) is 0 Å². The standard InChI is InChI=1S/C23H13Cl4F3N2O2/c24-12-6-10(7-13(25)9-12)19-22(21(31)34,23(19,26)27)11-4-5-14(28)17(8-11)32-20(33)18-15(29)2-1-3-16(18)30/h1-9,19H,(H2,31,34)(H,32,33). The van der Waals surface area contributed by atoms with Crippen LogP contribution in [0, 0.1) is 17.5 Å². The Bertz CT molecular complexity index is 1310. The second-order valence-electron chi connectivity index (χ2n) is 7.68. The zero-order valence-electron chi connectivity index (χ0n) is 16.8. The Hall–Kier alpha value is -2.45. The van der Waals surface area contributed by atoms with Gasteiger partial charge in [0.15, 0.2) is 0 Å². The molecule has 176 valence electrons. The van der Waals surface area contributed by atoms with E-state index in [9.17, 15) is 22.8 Å². The second kappa shape index (κ2) is 8.64. The minimum Gasteiger partial charge on any atom is -0.369 e. The number of carbonyl (C=O) groups is 2. The molecule has 11 heteroatoms. The highest BCUT2D eigenvalue weighted by Gasteiger charge is 2.80. The smallest absolute Gasteiger partial charge is 0.261 e. The van der Waals surface area contributed by atoms with Gasteiger partial charge in [-0.1, -0.05) is 58.5 Å². The maximum absolute atomic E-state index is 14.6. The molecule has 3 aromatic rings. The first-order valence-corrected chi connectivity index (χ1v) is 11.1. The molecule has 0 aromatic heterocycles. The van der Waals surface area contributed by atoms with Crippen LogP contribution in [0.1, 0.15) is 27.4 Å². The SMILES string of the molecule is NC(=O)C1(c2ccc(F)c(NC(=O)c3c(F)cccc3F)c2)C(c2cc(Cl)cc(Cl)c2)C1(Cl)Cl. The van der Waals surface area contributed by atoms with E-state index in [4.69, 9.17) is 52.1 Å². The second-order valence-corrected chi connectivity index (χ2v) is 9.94. The molecule has 4 rings (SSSR count). The fourth-order valence-electron chi connectivity index (χ4n) is 4.18. The molecule has 1 saturated carbocycles. The van der Waals surface area contributed by atoms with E-state index >= 15 is 0 Å². The molecule has 2 unspecified atom stereocenters. The first-order valence-electron chi connectivity index (χ1n) is 9.60. The van der Waals surface area contributed by atoms with Crippen molar-refractivity contribution in [3.63, 3.8) is 0 Å². The summed E-state index contributed by atoms with van der Waals surface area (Å²) in [4.78, 5) is 25.2. The van der Waals surface area contributed by atoms with Gasteiger partial charge in [-0.25, -0.2) is 13.2 Å². The number of nitrogens with one attached hydrogen (secondary N) is 1. The Morgan fingerprint density at radius 1 is 0.882 bits per heavy atom. The largest absolute Gasteiger partial charge is 0.369 e. The topological polar surface area (TPSA) is 72.2 Å². The quantitative estimate of drug-likeness (QED) is 0.365. The van der Waals surface area contributed by atoms with Crippen molar-refractivity contribution in [1.82, 2.24) is 0 Å². The molecule has 0 radical (unpaired) electrons. The number of benzene rings is 3. The van der Waals surface area contributed by atoms with Crippen molar-refractivity contribution in [1.29, 1.82) is 0 Å².